The highest BCUT2D eigenvalue weighted by Crippen LogP contribution is 2.16. The van der Waals surface area contributed by atoms with Crippen molar-refractivity contribution in [3.8, 4) is 0 Å². The van der Waals surface area contributed by atoms with E-state index in [-0.39, 0.29) is 42.6 Å². The van der Waals surface area contributed by atoms with Crippen LogP contribution in [0.4, 0.5) is 22.0 Å². The summed E-state index contributed by atoms with van der Waals surface area (Å²) < 4.78 is 67.7. The van der Waals surface area contributed by atoms with Crippen LogP contribution in [0.2, 0.25) is 0 Å². The first-order valence-corrected chi connectivity index (χ1v) is 8.88. The fourth-order valence-electron chi connectivity index (χ4n) is 2.50. The monoisotopic (exact) mass is 543 g/mol. The molecule has 0 amide bonds. The summed E-state index contributed by atoms with van der Waals surface area (Å²) >= 11 is 0. The van der Waals surface area contributed by atoms with Gasteiger partial charge in [-0.25, -0.2) is 8.78 Å². The van der Waals surface area contributed by atoms with Gasteiger partial charge in [0, 0.05) is 20.1 Å². The van der Waals surface area contributed by atoms with E-state index in [9.17, 15) is 22.0 Å². The van der Waals surface area contributed by atoms with Crippen molar-refractivity contribution < 1.29 is 26.7 Å². The number of aliphatic imine (C=N–C) groups is 1. The number of ether oxygens (including phenoxy) is 1. The minimum atomic E-state index is -4.34. The quantitative estimate of drug-likeness (QED) is 0.222. The molecular weight excluding hydrogens is 520 g/mol. The molecule has 0 saturated carbocycles. The summed E-state index contributed by atoms with van der Waals surface area (Å²) in [5.74, 6) is -1.24. The second kappa shape index (κ2) is 12.7. The molecule has 0 aromatic heterocycles. The standard InChI is InChI=1S/C20H22F5N3O.HI/c1-26-19(27-10-9-16-3-2-4-17(21)18(16)22)28-11-14-5-7-15(8-6-14)12-29-13-20(23,24)25;/h2-8H,9-13H2,1H3,(H2,26,27,28);1H. The van der Waals surface area contributed by atoms with Crippen LogP contribution in [0.3, 0.4) is 0 Å². The van der Waals surface area contributed by atoms with Gasteiger partial charge < -0.3 is 15.4 Å². The summed E-state index contributed by atoms with van der Waals surface area (Å²) in [4.78, 5) is 4.06. The fourth-order valence-corrected chi connectivity index (χ4v) is 2.50. The van der Waals surface area contributed by atoms with Gasteiger partial charge in [0.15, 0.2) is 17.6 Å². The van der Waals surface area contributed by atoms with E-state index in [0.717, 1.165) is 11.6 Å². The minimum absolute atomic E-state index is 0. The van der Waals surface area contributed by atoms with Crippen LogP contribution >= 0.6 is 24.0 Å². The van der Waals surface area contributed by atoms with Crippen molar-refractivity contribution >= 4 is 29.9 Å². The molecule has 0 fully saturated rings. The highest BCUT2D eigenvalue weighted by Gasteiger charge is 2.27. The Bertz CT molecular complexity index is 813. The zero-order valence-corrected chi connectivity index (χ0v) is 18.6. The molecule has 0 aliphatic rings. The summed E-state index contributed by atoms with van der Waals surface area (Å²) in [6.07, 6.45) is -4.05. The molecule has 10 heteroatoms. The lowest BCUT2D eigenvalue weighted by Crippen LogP contribution is -2.37. The molecule has 0 unspecified atom stereocenters. The van der Waals surface area contributed by atoms with Crippen LogP contribution in [0, 0.1) is 11.6 Å². The first-order valence-electron chi connectivity index (χ1n) is 8.88. The average Bonchev–Trinajstić information content (AvgIpc) is 2.68. The van der Waals surface area contributed by atoms with Crippen molar-refractivity contribution in [3.05, 3.63) is 70.8 Å². The Labute approximate surface area is 188 Å². The third-order valence-electron chi connectivity index (χ3n) is 3.96. The van der Waals surface area contributed by atoms with Gasteiger partial charge in [-0.05, 0) is 29.2 Å². The minimum Gasteiger partial charge on any atom is -0.367 e. The number of halogens is 6. The molecule has 0 aliphatic heterocycles. The summed E-state index contributed by atoms with van der Waals surface area (Å²) in [6, 6.07) is 11.0. The predicted octanol–water partition coefficient (Wildman–Crippen LogP) is 4.57. The zero-order chi connectivity index (χ0) is 21.3. The second-order valence-corrected chi connectivity index (χ2v) is 6.24. The molecule has 0 aliphatic carbocycles. The normalized spacial score (nSPS) is 11.7. The van der Waals surface area contributed by atoms with E-state index in [1.54, 1.807) is 31.3 Å². The van der Waals surface area contributed by atoms with Crippen LogP contribution < -0.4 is 10.6 Å². The average molecular weight is 543 g/mol. The fraction of sp³-hybridized carbons (Fsp3) is 0.350. The topological polar surface area (TPSA) is 45.7 Å². The second-order valence-electron chi connectivity index (χ2n) is 6.24. The van der Waals surface area contributed by atoms with E-state index in [4.69, 9.17) is 0 Å². The molecule has 0 saturated heterocycles. The zero-order valence-electron chi connectivity index (χ0n) is 16.2. The van der Waals surface area contributed by atoms with Gasteiger partial charge in [-0.3, -0.25) is 4.99 Å². The Morgan fingerprint density at radius 3 is 2.30 bits per heavy atom. The Morgan fingerprint density at radius 2 is 1.67 bits per heavy atom. The molecule has 0 bridgehead atoms. The Balaban J connectivity index is 0.00000450. The SMILES string of the molecule is CN=C(NCCc1cccc(F)c1F)NCc1ccc(COCC(F)(F)F)cc1.I. The van der Waals surface area contributed by atoms with Crippen molar-refractivity contribution in [3.63, 3.8) is 0 Å². The lowest BCUT2D eigenvalue weighted by atomic mass is 10.1. The predicted molar refractivity (Wildman–Crippen MR) is 116 cm³/mol. The number of alkyl halides is 3. The number of hydrogen-bond donors (Lipinski definition) is 2. The van der Waals surface area contributed by atoms with Crippen LogP contribution in [0.25, 0.3) is 0 Å². The molecule has 30 heavy (non-hydrogen) atoms. The van der Waals surface area contributed by atoms with Crippen molar-refractivity contribution in [1.82, 2.24) is 10.6 Å². The van der Waals surface area contributed by atoms with Gasteiger partial charge in [-0.2, -0.15) is 13.2 Å². The molecule has 2 rings (SSSR count). The van der Waals surface area contributed by atoms with Gasteiger partial charge >= 0.3 is 6.18 Å². The van der Waals surface area contributed by atoms with E-state index in [2.05, 4.69) is 20.4 Å². The molecule has 0 spiro atoms. The van der Waals surface area contributed by atoms with Crippen molar-refractivity contribution in [2.45, 2.75) is 25.7 Å². The Kier molecular flexibility index (Phi) is 11.0. The Hall–Kier alpha value is -1.95. The molecule has 0 atom stereocenters. The van der Waals surface area contributed by atoms with Gasteiger partial charge in [-0.1, -0.05) is 36.4 Å². The number of rotatable bonds is 8. The summed E-state index contributed by atoms with van der Waals surface area (Å²) in [7, 11) is 1.58. The van der Waals surface area contributed by atoms with Gasteiger partial charge in [-0.15, -0.1) is 24.0 Å². The van der Waals surface area contributed by atoms with E-state index in [0.29, 0.717) is 24.6 Å². The summed E-state index contributed by atoms with van der Waals surface area (Å²) in [5, 5.41) is 6.08. The lowest BCUT2D eigenvalue weighted by molar-refractivity contribution is -0.176. The molecule has 4 nitrogen and oxygen atoms in total. The molecular formula is C20H23F5IN3O. The van der Waals surface area contributed by atoms with Crippen LogP contribution in [-0.2, 0) is 24.3 Å². The summed E-state index contributed by atoms with van der Waals surface area (Å²) in [5.41, 5.74) is 1.80. The van der Waals surface area contributed by atoms with Crippen molar-refractivity contribution in [2.75, 3.05) is 20.2 Å². The summed E-state index contributed by atoms with van der Waals surface area (Å²) in [6.45, 7) is -0.613. The van der Waals surface area contributed by atoms with E-state index in [1.807, 2.05) is 0 Å². The number of nitrogens with one attached hydrogen (secondary N) is 2. The van der Waals surface area contributed by atoms with Crippen LogP contribution in [-0.4, -0.2) is 32.3 Å². The maximum atomic E-state index is 13.6. The van der Waals surface area contributed by atoms with E-state index in [1.165, 1.54) is 12.1 Å². The molecule has 2 aromatic carbocycles. The van der Waals surface area contributed by atoms with Gasteiger partial charge in [0.25, 0.3) is 0 Å². The Morgan fingerprint density at radius 1 is 1.00 bits per heavy atom. The molecule has 0 radical (unpaired) electrons. The number of benzene rings is 2. The first kappa shape index (κ1) is 26.1. The lowest BCUT2D eigenvalue weighted by Gasteiger charge is -2.13. The maximum absolute atomic E-state index is 13.6. The highest BCUT2D eigenvalue weighted by molar-refractivity contribution is 14.0. The van der Waals surface area contributed by atoms with Crippen LogP contribution in [0.1, 0.15) is 16.7 Å². The van der Waals surface area contributed by atoms with Crippen molar-refractivity contribution in [1.29, 1.82) is 0 Å². The molecule has 166 valence electrons. The number of hydrogen-bond acceptors (Lipinski definition) is 2. The first-order chi connectivity index (χ1) is 13.8. The van der Waals surface area contributed by atoms with Gasteiger partial charge in [0.1, 0.15) is 6.61 Å². The van der Waals surface area contributed by atoms with Crippen LogP contribution in [0.5, 0.6) is 0 Å². The third-order valence-corrected chi connectivity index (χ3v) is 3.96. The number of guanidine groups is 1. The van der Waals surface area contributed by atoms with Crippen molar-refractivity contribution in [2.24, 2.45) is 4.99 Å². The third kappa shape index (κ3) is 9.24. The maximum Gasteiger partial charge on any atom is 0.411 e. The largest absolute Gasteiger partial charge is 0.411 e. The number of nitrogens with zero attached hydrogens (tertiary/aromatic N) is 1. The smallest absolute Gasteiger partial charge is 0.367 e. The highest BCUT2D eigenvalue weighted by atomic mass is 127. The van der Waals surface area contributed by atoms with Gasteiger partial charge in [0.2, 0.25) is 0 Å². The van der Waals surface area contributed by atoms with E-state index < -0.39 is 24.4 Å². The molecule has 2 aromatic rings. The molecule has 2 N–H and O–H groups in total. The van der Waals surface area contributed by atoms with Gasteiger partial charge in [0.05, 0.1) is 6.61 Å². The van der Waals surface area contributed by atoms with E-state index >= 15 is 0 Å². The molecule has 0 heterocycles. The van der Waals surface area contributed by atoms with Crippen LogP contribution in [0.15, 0.2) is 47.5 Å².